The molecule has 134 valence electrons. The fraction of sp³-hybridized carbons (Fsp3) is 1.00. The van der Waals surface area contributed by atoms with Gasteiger partial charge >= 0.3 is 0 Å². The quantitative estimate of drug-likeness (QED) is 0.610. The van der Waals surface area contributed by atoms with Crippen LogP contribution in [0.1, 0.15) is 53.4 Å². The van der Waals surface area contributed by atoms with Gasteiger partial charge in [0.05, 0.1) is 0 Å². The normalized spacial score (nSPS) is 15.1. The largest absolute Gasteiger partial charge is 0.290 e. The van der Waals surface area contributed by atoms with E-state index in [4.69, 9.17) is 0 Å². The molecule has 0 unspecified atom stereocenters. The Kier molecular flexibility index (Phi) is 6.56. The van der Waals surface area contributed by atoms with Gasteiger partial charge in [0.25, 0.3) is 16.0 Å². The molecule has 0 radical (unpaired) electrons. The first kappa shape index (κ1) is 21.7. The molecule has 0 fully saturated rings. The van der Waals surface area contributed by atoms with E-state index in [1.165, 1.54) is 27.7 Å². The number of hydrogen-bond acceptors (Lipinski definition) is 4. The van der Waals surface area contributed by atoms with Crippen LogP contribution < -0.4 is 4.72 Å². The van der Waals surface area contributed by atoms with Crippen molar-refractivity contribution < 1.29 is 30.2 Å². The molecule has 0 spiro atoms. The van der Waals surface area contributed by atoms with Gasteiger partial charge in [0.2, 0.25) is 10.0 Å². The molecule has 6 nitrogen and oxygen atoms in total. The summed E-state index contributed by atoms with van der Waals surface area (Å²) >= 11 is 0. The van der Waals surface area contributed by atoms with E-state index in [0.717, 1.165) is 7.05 Å². The summed E-state index contributed by atoms with van der Waals surface area (Å²) in [6.07, 6.45) is -2.24. The number of hydrogen-bond donors (Lipinski definition) is 2. The zero-order valence-electron chi connectivity index (χ0n) is 13.5. The van der Waals surface area contributed by atoms with Crippen molar-refractivity contribution in [3.63, 3.8) is 0 Å². The summed E-state index contributed by atoms with van der Waals surface area (Å²) in [5.41, 5.74) is 0. The Morgan fingerprint density at radius 1 is 0.864 bits per heavy atom. The van der Waals surface area contributed by atoms with E-state index in [2.05, 4.69) is 0 Å². The molecular weight excluding hydrogens is 340 g/mol. The molecule has 0 aliphatic heterocycles. The lowest BCUT2D eigenvalue weighted by atomic mass is 9.81. The lowest BCUT2D eigenvalue weighted by Gasteiger charge is -2.46. The van der Waals surface area contributed by atoms with Crippen LogP contribution in [0, 0.1) is 0 Å². The first-order valence-electron chi connectivity index (χ1n) is 7.08. The molecular formula is C12H25F2NO5S2. The Balaban J connectivity index is 6.84. The summed E-state index contributed by atoms with van der Waals surface area (Å²) in [4.78, 5) is 0. The summed E-state index contributed by atoms with van der Waals surface area (Å²) in [5, 5.41) is 0. The first-order valence-corrected chi connectivity index (χ1v) is 10.0. The smallest absolute Gasteiger partial charge is 0.285 e. The van der Waals surface area contributed by atoms with E-state index < -0.39 is 61.2 Å². The summed E-state index contributed by atoms with van der Waals surface area (Å²) < 4.78 is 84.3. The van der Waals surface area contributed by atoms with Crippen molar-refractivity contribution in [3.05, 3.63) is 0 Å². The van der Waals surface area contributed by atoms with Crippen molar-refractivity contribution in [2.24, 2.45) is 0 Å². The standard InChI is InChI=1S/C12H25F2NO5S2/c1-6-10(7-2,21(16,17)15-5)12(13,14)11(8-3,9-4)22(18,19)20/h15H,6-9H2,1-5H3,(H,18,19,20). The van der Waals surface area contributed by atoms with Gasteiger partial charge in [-0.15, -0.1) is 0 Å². The van der Waals surface area contributed by atoms with Crippen LogP contribution >= 0.6 is 0 Å². The van der Waals surface area contributed by atoms with E-state index in [1.807, 2.05) is 4.72 Å². The van der Waals surface area contributed by atoms with Gasteiger partial charge in [0.1, 0.15) is 0 Å². The average molecular weight is 365 g/mol. The van der Waals surface area contributed by atoms with Gasteiger partial charge in [-0.3, -0.25) is 4.55 Å². The molecule has 0 saturated heterocycles. The van der Waals surface area contributed by atoms with Crippen LogP contribution in [0.25, 0.3) is 0 Å². The molecule has 0 aromatic carbocycles. The molecule has 0 rings (SSSR count). The fourth-order valence-corrected chi connectivity index (χ4v) is 6.07. The second-order valence-corrected chi connectivity index (χ2v) is 9.09. The third kappa shape index (κ3) is 2.67. The van der Waals surface area contributed by atoms with Gasteiger partial charge < -0.3 is 0 Å². The third-order valence-corrected chi connectivity index (χ3v) is 8.93. The Hall–Kier alpha value is -0.320. The number of alkyl halides is 2. The predicted molar refractivity (Wildman–Crippen MR) is 81.1 cm³/mol. The van der Waals surface area contributed by atoms with Crippen molar-refractivity contribution in [1.29, 1.82) is 0 Å². The molecule has 22 heavy (non-hydrogen) atoms. The van der Waals surface area contributed by atoms with Crippen LogP contribution in [0.4, 0.5) is 8.78 Å². The van der Waals surface area contributed by atoms with Crippen molar-refractivity contribution in [1.82, 2.24) is 4.72 Å². The topological polar surface area (TPSA) is 101 Å². The molecule has 0 aliphatic carbocycles. The first-order chi connectivity index (χ1) is 9.80. The van der Waals surface area contributed by atoms with Crippen molar-refractivity contribution in [2.75, 3.05) is 7.05 Å². The van der Waals surface area contributed by atoms with Crippen LogP contribution in [0.15, 0.2) is 0 Å². The molecule has 0 aromatic rings. The highest BCUT2D eigenvalue weighted by Crippen LogP contribution is 2.52. The van der Waals surface area contributed by atoms with Gasteiger partial charge in [-0.2, -0.15) is 8.42 Å². The van der Waals surface area contributed by atoms with Crippen molar-refractivity contribution in [2.45, 2.75) is 68.8 Å². The zero-order chi connectivity index (χ0) is 18.0. The van der Waals surface area contributed by atoms with E-state index in [0.29, 0.717) is 0 Å². The van der Waals surface area contributed by atoms with Crippen LogP contribution in [0.5, 0.6) is 0 Å². The Morgan fingerprint density at radius 2 is 1.18 bits per heavy atom. The highest BCUT2D eigenvalue weighted by molar-refractivity contribution is 7.91. The second-order valence-electron chi connectivity index (χ2n) is 5.16. The number of sulfonamides is 1. The minimum Gasteiger partial charge on any atom is -0.285 e. The highest BCUT2D eigenvalue weighted by Gasteiger charge is 2.72. The lowest BCUT2D eigenvalue weighted by molar-refractivity contribution is -0.0891. The van der Waals surface area contributed by atoms with Gasteiger partial charge in [-0.25, -0.2) is 21.9 Å². The van der Waals surface area contributed by atoms with E-state index in [9.17, 15) is 21.4 Å². The van der Waals surface area contributed by atoms with Crippen LogP contribution in [0.2, 0.25) is 0 Å². The molecule has 10 heteroatoms. The predicted octanol–water partition coefficient (Wildman–Crippen LogP) is 2.18. The summed E-state index contributed by atoms with van der Waals surface area (Å²) in [5.74, 6) is -4.19. The van der Waals surface area contributed by atoms with Crippen LogP contribution in [-0.4, -0.2) is 43.9 Å². The number of rotatable bonds is 9. The van der Waals surface area contributed by atoms with Gasteiger partial charge in [0.15, 0.2) is 9.49 Å². The molecule has 0 bridgehead atoms. The molecule has 0 aliphatic rings. The third-order valence-electron chi connectivity index (χ3n) is 4.71. The van der Waals surface area contributed by atoms with E-state index in [1.54, 1.807) is 0 Å². The highest BCUT2D eigenvalue weighted by atomic mass is 32.2. The number of halogens is 2. The van der Waals surface area contributed by atoms with Crippen LogP contribution in [-0.2, 0) is 20.1 Å². The summed E-state index contributed by atoms with van der Waals surface area (Å²) in [6.45, 7) is 4.89. The fourth-order valence-electron chi connectivity index (χ4n) is 3.07. The minimum atomic E-state index is -5.20. The minimum absolute atomic E-state index is 0.503. The molecule has 2 N–H and O–H groups in total. The van der Waals surface area contributed by atoms with Gasteiger partial charge in [-0.05, 0) is 32.7 Å². The SMILES string of the molecule is CCC(CC)(C(F)(F)C(CC)(CC)S(=O)(=O)NC)S(=O)(=O)O. The zero-order valence-corrected chi connectivity index (χ0v) is 15.1. The monoisotopic (exact) mass is 365 g/mol. The maximum atomic E-state index is 15.3. The maximum absolute atomic E-state index is 15.3. The van der Waals surface area contributed by atoms with Crippen LogP contribution in [0.3, 0.4) is 0 Å². The summed E-state index contributed by atoms with van der Waals surface area (Å²) in [7, 11) is -8.72. The molecule has 0 aromatic heterocycles. The molecule has 0 atom stereocenters. The Morgan fingerprint density at radius 3 is 1.36 bits per heavy atom. The van der Waals surface area contributed by atoms with Crippen molar-refractivity contribution >= 4 is 20.1 Å². The summed E-state index contributed by atoms with van der Waals surface area (Å²) in [6, 6.07) is 0. The molecule has 0 amide bonds. The van der Waals surface area contributed by atoms with Gasteiger partial charge in [-0.1, -0.05) is 27.7 Å². The van der Waals surface area contributed by atoms with Gasteiger partial charge in [0, 0.05) is 0 Å². The lowest BCUT2D eigenvalue weighted by Crippen LogP contribution is -2.68. The Bertz CT molecular complexity index is 579. The maximum Gasteiger partial charge on any atom is 0.290 e. The Labute approximate surface area is 131 Å². The second kappa shape index (κ2) is 6.66. The van der Waals surface area contributed by atoms with E-state index in [-0.39, 0.29) is 0 Å². The average Bonchev–Trinajstić information content (AvgIpc) is 2.40. The van der Waals surface area contributed by atoms with Crippen molar-refractivity contribution in [3.8, 4) is 0 Å². The molecule has 0 heterocycles. The molecule has 0 saturated carbocycles. The van der Waals surface area contributed by atoms with E-state index >= 15 is 8.78 Å². The number of nitrogens with one attached hydrogen (secondary N) is 1.